The molecular weight excluding hydrogens is 262 g/mol. The molecule has 1 aliphatic carbocycles. The first-order chi connectivity index (χ1) is 10.2. The quantitative estimate of drug-likeness (QED) is 0.862. The van der Waals surface area contributed by atoms with E-state index >= 15 is 0 Å². The molecule has 0 aromatic heterocycles. The summed E-state index contributed by atoms with van der Waals surface area (Å²) in [6.45, 7) is 9.86. The smallest absolute Gasteiger partial charge is 0.0731 e. The molecule has 1 saturated carbocycles. The fourth-order valence-electron chi connectivity index (χ4n) is 4.84. The van der Waals surface area contributed by atoms with E-state index in [0.29, 0.717) is 18.2 Å². The van der Waals surface area contributed by atoms with Gasteiger partial charge in [0, 0.05) is 37.3 Å². The van der Waals surface area contributed by atoms with E-state index in [4.69, 9.17) is 10.5 Å². The molecule has 3 rings (SSSR count). The van der Waals surface area contributed by atoms with Crippen LogP contribution < -0.4 is 5.73 Å². The molecule has 0 radical (unpaired) electrons. The van der Waals surface area contributed by atoms with E-state index in [2.05, 4.69) is 23.6 Å². The summed E-state index contributed by atoms with van der Waals surface area (Å²) >= 11 is 0. The maximum Gasteiger partial charge on any atom is 0.0731 e. The molecule has 3 aliphatic rings. The molecule has 2 saturated heterocycles. The van der Waals surface area contributed by atoms with Crippen LogP contribution in [0.15, 0.2) is 0 Å². The topological polar surface area (TPSA) is 41.7 Å². The molecule has 4 nitrogen and oxygen atoms in total. The lowest BCUT2D eigenvalue weighted by Gasteiger charge is -2.50. The lowest BCUT2D eigenvalue weighted by atomic mass is 9.86. The Morgan fingerprint density at radius 3 is 2.76 bits per heavy atom. The van der Waals surface area contributed by atoms with Gasteiger partial charge >= 0.3 is 0 Å². The number of ether oxygens (including phenoxy) is 1. The predicted molar refractivity (Wildman–Crippen MR) is 86.4 cm³/mol. The lowest BCUT2D eigenvalue weighted by Crippen LogP contribution is -2.63. The van der Waals surface area contributed by atoms with Gasteiger partial charge in [0.1, 0.15) is 0 Å². The van der Waals surface area contributed by atoms with E-state index in [0.717, 1.165) is 19.7 Å². The molecule has 0 aromatic carbocycles. The van der Waals surface area contributed by atoms with E-state index in [9.17, 15) is 0 Å². The van der Waals surface area contributed by atoms with Crippen molar-refractivity contribution in [2.75, 3.05) is 32.8 Å². The van der Waals surface area contributed by atoms with Crippen molar-refractivity contribution in [3.63, 3.8) is 0 Å². The Bertz CT molecular complexity index is 349. The molecule has 2 aliphatic heterocycles. The van der Waals surface area contributed by atoms with Crippen LogP contribution >= 0.6 is 0 Å². The van der Waals surface area contributed by atoms with E-state index in [-0.39, 0.29) is 5.54 Å². The van der Waals surface area contributed by atoms with Crippen LogP contribution in [-0.2, 0) is 4.74 Å². The van der Waals surface area contributed by atoms with Gasteiger partial charge in [-0.05, 0) is 58.9 Å². The first kappa shape index (κ1) is 15.7. The molecule has 0 amide bonds. The summed E-state index contributed by atoms with van der Waals surface area (Å²) in [6, 6.07) is 1.29. The monoisotopic (exact) mass is 295 g/mol. The van der Waals surface area contributed by atoms with Gasteiger partial charge in [-0.3, -0.25) is 4.90 Å². The number of hydrogen-bond acceptors (Lipinski definition) is 4. The summed E-state index contributed by atoms with van der Waals surface area (Å²) < 4.78 is 6.01. The fourth-order valence-corrected chi connectivity index (χ4v) is 4.84. The Hall–Kier alpha value is -0.160. The Kier molecular flexibility index (Phi) is 4.89. The molecule has 2 N–H and O–H groups in total. The van der Waals surface area contributed by atoms with Crippen LogP contribution in [0.5, 0.6) is 0 Å². The van der Waals surface area contributed by atoms with Gasteiger partial charge in [-0.2, -0.15) is 0 Å². The van der Waals surface area contributed by atoms with Crippen molar-refractivity contribution >= 4 is 0 Å². The number of hydrogen-bond donors (Lipinski definition) is 1. The first-order valence-electron chi connectivity index (χ1n) is 8.99. The largest absolute Gasteiger partial charge is 0.375 e. The van der Waals surface area contributed by atoms with Gasteiger partial charge in [0.15, 0.2) is 0 Å². The Balaban J connectivity index is 1.76. The van der Waals surface area contributed by atoms with Crippen molar-refractivity contribution < 1.29 is 4.74 Å². The molecule has 4 heteroatoms. The van der Waals surface area contributed by atoms with Crippen molar-refractivity contribution in [3.8, 4) is 0 Å². The van der Waals surface area contributed by atoms with E-state index in [1.54, 1.807) is 0 Å². The summed E-state index contributed by atoms with van der Waals surface area (Å²) in [4.78, 5) is 5.40. The minimum absolute atomic E-state index is 0.223. The van der Waals surface area contributed by atoms with Gasteiger partial charge in [-0.25, -0.2) is 0 Å². The highest BCUT2D eigenvalue weighted by Crippen LogP contribution is 2.38. The Labute approximate surface area is 130 Å². The van der Waals surface area contributed by atoms with Crippen LogP contribution in [-0.4, -0.2) is 66.3 Å². The molecule has 21 heavy (non-hydrogen) atoms. The number of rotatable bonds is 3. The Morgan fingerprint density at radius 2 is 2.00 bits per heavy atom. The normalized spacial score (nSPS) is 39.4. The third-order valence-corrected chi connectivity index (χ3v) is 6.15. The highest BCUT2D eigenvalue weighted by atomic mass is 16.5. The molecule has 3 atom stereocenters. The zero-order valence-electron chi connectivity index (χ0n) is 13.9. The highest BCUT2D eigenvalue weighted by Gasteiger charge is 2.46. The number of nitrogens with zero attached hydrogens (tertiary/aromatic N) is 2. The van der Waals surface area contributed by atoms with Gasteiger partial charge in [0.2, 0.25) is 0 Å². The minimum Gasteiger partial charge on any atom is -0.375 e. The second-order valence-electron chi connectivity index (χ2n) is 7.51. The van der Waals surface area contributed by atoms with Crippen molar-refractivity contribution in [1.29, 1.82) is 0 Å². The van der Waals surface area contributed by atoms with Crippen molar-refractivity contribution in [2.45, 2.75) is 76.1 Å². The summed E-state index contributed by atoms with van der Waals surface area (Å²) in [5.41, 5.74) is 6.56. The van der Waals surface area contributed by atoms with Gasteiger partial charge in [-0.15, -0.1) is 0 Å². The van der Waals surface area contributed by atoms with Crippen molar-refractivity contribution in [1.82, 2.24) is 9.80 Å². The van der Waals surface area contributed by atoms with E-state index < -0.39 is 0 Å². The number of likely N-dealkylation sites (tertiary alicyclic amines) is 1. The zero-order chi connectivity index (χ0) is 14.9. The van der Waals surface area contributed by atoms with Crippen LogP contribution in [0.25, 0.3) is 0 Å². The van der Waals surface area contributed by atoms with E-state index in [1.807, 2.05) is 0 Å². The van der Waals surface area contributed by atoms with Crippen LogP contribution in [0.1, 0.15) is 52.4 Å². The van der Waals surface area contributed by atoms with Crippen LogP contribution in [0.4, 0.5) is 0 Å². The van der Waals surface area contributed by atoms with Gasteiger partial charge < -0.3 is 15.4 Å². The van der Waals surface area contributed by atoms with Crippen molar-refractivity contribution in [2.24, 2.45) is 5.73 Å². The summed E-state index contributed by atoms with van der Waals surface area (Å²) in [6.07, 6.45) is 8.13. The number of nitrogens with two attached hydrogens (primary N) is 1. The van der Waals surface area contributed by atoms with Gasteiger partial charge in [0.05, 0.1) is 12.7 Å². The standard InChI is InChI=1S/C17H33N3O/c1-14(2)19-9-4-7-17(13-18,8-10-19)20-11-12-21-16-6-3-5-15(16)20/h14-16H,3-13,18H2,1-2H3. The Morgan fingerprint density at radius 1 is 1.14 bits per heavy atom. The SMILES string of the molecule is CC(C)N1CCCC(CN)(N2CCOC3CCCC32)CC1. The third kappa shape index (κ3) is 3.00. The first-order valence-corrected chi connectivity index (χ1v) is 8.99. The molecule has 0 bridgehead atoms. The number of fused-ring (bicyclic) bond motifs is 1. The molecule has 0 spiro atoms. The minimum atomic E-state index is 0.223. The molecule has 0 aromatic rings. The maximum absolute atomic E-state index is 6.34. The van der Waals surface area contributed by atoms with Gasteiger partial charge in [-0.1, -0.05) is 0 Å². The summed E-state index contributed by atoms with van der Waals surface area (Å²) in [7, 11) is 0. The summed E-state index contributed by atoms with van der Waals surface area (Å²) in [5.74, 6) is 0. The third-order valence-electron chi connectivity index (χ3n) is 6.15. The van der Waals surface area contributed by atoms with E-state index in [1.165, 1.54) is 51.6 Å². The lowest BCUT2D eigenvalue weighted by molar-refractivity contribution is -0.101. The fraction of sp³-hybridized carbons (Fsp3) is 1.00. The molecular formula is C17H33N3O. The molecule has 3 fully saturated rings. The van der Waals surface area contributed by atoms with Crippen LogP contribution in [0, 0.1) is 0 Å². The second-order valence-corrected chi connectivity index (χ2v) is 7.51. The summed E-state index contributed by atoms with van der Waals surface area (Å²) in [5, 5.41) is 0. The second kappa shape index (κ2) is 6.53. The predicted octanol–water partition coefficient (Wildman–Crippen LogP) is 1.83. The highest BCUT2D eigenvalue weighted by molar-refractivity contribution is 5.02. The van der Waals surface area contributed by atoms with Gasteiger partial charge in [0.25, 0.3) is 0 Å². The average Bonchev–Trinajstić information content (AvgIpc) is 2.85. The van der Waals surface area contributed by atoms with Crippen molar-refractivity contribution in [3.05, 3.63) is 0 Å². The van der Waals surface area contributed by atoms with Crippen LogP contribution in [0.2, 0.25) is 0 Å². The number of morpholine rings is 1. The zero-order valence-corrected chi connectivity index (χ0v) is 13.9. The molecule has 2 heterocycles. The van der Waals surface area contributed by atoms with Crippen LogP contribution in [0.3, 0.4) is 0 Å². The maximum atomic E-state index is 6.34. The molecule has 3 unspecified atom stereocenters. The molecule has 122 valence electrons. The average molecular weight is 295 g/mol.